The molecule has 1 aliphatic rings. The van der Waals surface area contributed by atoms with Gasteiger partial charge in [0.25, 0.3) is 0 Å². The van der Waals surface area contributed by atoms with Gasteiger partial charge in [-0.3, -0.25) is 14.4 Å². The van der Waals surface area contributed by atoms with E-state index in [4.69, 9.17) is 12.8 Å². The summed E-state index contributed by atoms with van der Waals surface area (Å²) in [5, 5.41) is 27.9. The first-order valence-electron chi connectivity index (χ1n) is 18.0. The molecule has 1 fully saturated rings. The molecule has 1 aromatic carbocycles. The zero-order chi connectivity index (χ0) is 35.3. The van der Waals surface area contributed by atoms with Crippen LogP contribution in [0.3, 0.4) is 0 Å². The van der Waals surface area contributed by atoms with Crippen LogP contribution < -0.4 is 10.6 Å². The average Bonchev–Trinajstić information content (AvgIpc) is 3.10. The maximum absolute atomic E-state index is 13.9. The first kappa shape index (κ1) is 40.8. The molecule has 1 saturated carbocycles. The minimum absolute atomic E-state index is 0.00811. The summed E-state index contributed by atoms with van der Waals surface area (Å²) in [6.07, 6.45) is 16.7. The number of rotatable bonds is 22. The van der Waals surface area contributed by atoms with Gasteiger partial charge in [-0.15, -0.1) is 24.7 Å². The van der Waals surface area contributed by atoms with Crippen LogP contribution in [-0.2, 0) is 20.8 Å². The van der Waals surface area contributed by atoms with Crippen molar-refractivity contribution in [3.8, 4) is 24.7 Å². The third kappa shape index (κ3) is 14.8. The number of carbonyl (C=O) groups excluding carboxylic acids is 3. The third-order valence-corrected chi connectivity index (χ3v) is 9.67. The van der Waals surface area contributed by atoms with Crippen molar-refractivity contribution in [2.45, 2.75) is 122 Å². The van der Waals surface area contributed by atoms with Crippen LogP contribution in [0.1, 0.15) is 96.5 Å². The molecule has 1 aromatic rings. The Labute approximate surface area is 289 Å². The van der Waals surface area contributed by atoms with E-state index in [1.807, 2.05) is 30.3 Å². The largest absolute Gasteiger partial charge is 0.390 e. The van der Waals surface area contributed by atoms with E-state index in [-0.39, 0.29) is 25.2 Å². The lowest BCUT2D eigenvalue weighted by Crippen LogP contribution is -2.56. The Hall–Kier alpha value is -3.37. The second-order valence-corrected chi connectivity index (χ2v) is 13.2. The highest BCUT2D eigenvalue weighted by Gasteiger charge is 2.34. The summed E-state index contributed by atoms with van der Waals surface area (Å²) in [4.78, 5) is 45.0. The molecule has 5 unspecified atom stereocenters. The SMILES string of the molecule is C#CCCCC(O)C(O)C(CC1CCCCC1)NC(=O)C(CCC#C)NC(=O)C(CC(=O)N(C)CCN(CC)CC)Cc1ccccc1. The van der Waals surface area contributed by atoms with Gasteiger partial charge in [0, 0.05) is 39.4 Å². The topological polar surface area (TPSA) is 122 Å². The molecule has 0 heterocycles. The molecule has 5 atom stereocenters. The van der Waals surface area contributed by atoms with E-state index in [2.05, 4.69) is 41.2 Å². The number of terminal acetylenes is 2. The van der Waals surface area contributed by atoms with Gasteiger partial charge in [-0.1, -0.05) is 76.3 Å². The molecule has 0 aromatic heterocycles. The highest BCUT2D eigenvalue weighted by atomic mass is 16.3. The smallest absolute Gasteiger partial charge is 0.242 e. The Bertz CT molecular complexity index is 1170. The summed E-state index contributed by atoms with van der Waals surface area (Å²) >= 11 is 0. The molecule has 9 heteroatoms. The van der Waals surface area contributed by atoms with Gasteiger partial charge in [0.05, 0.1) is 24.2 Å². The van der Waals surface area contributed by atoms with Crippen LogP contribution in [0.2, 0.25) is 0 Å². The van der Waals surface area contributed by atoms with Crippen molar-refractivity contribution in [1.29, 1.82) is 0 Å². The van der Waals surface area contributed by atoms with Crippen molar-refractivity contribution in [2.24, 2.45) is 11.8 Å². The third-order valence-electron chi connectivity index (χ3n) is 9.67. The first-order valence-corrected chi connectivity index (χ1v) is 18.0. The van der Waals surface area contributed by atoms with E-state index in [1.165, 1.54) is 6.42 Å². The van der Waals surface area contributed by atoms with Gasteiger partial charge in [-0.25, -0.2) is 0 Å². The fraction of sp³-hybridized carbons (Fsp3) is 0.667. The number of carbonyl (C=O) groups is 3. The molecule has 0 aliphatic heterocycles. The lowest BCUT2D eigenvalue weighted by atomic mass is 9.82. The van der Waals surface area contributed by atoms with Crippen molar-refractivity contribution >= 4 is 17.7 Å². The molecule has 0 bridgehead atoms. The first-order chi connectivity index (χ1) is 23.1. The number of nitrogens with zero attached hydrogens (tertiary/aromatic N) is 2. The Kier molecular flexibility index (Phi) is 19.6. The molecule has 2 rings (SSSR count). The van der Waals surface area contributed by atoms with Crippen LogP contribution >= 0.6 is 0 Å². The highest BCUT2D eigenvalue weighted by molar-refractivity contribution is 5.91. The molecule has 48 heavy (non-hydrogen) atoms. The van der Waals surface area contributed by atoms with Crippen LogP contribution in [0.25, 0.3) is 0 Å². The Balaban J connectivity index is 2.24. The van der Waals surface area contributed by atoms with Gasteiger partial charge in [0.1, 0.15) is 6.04 Å². The van der Waals surface area contributed by atoms with Crippen LogP contribution in [0.5, 0.6) is 0 Å². The second kappa shape index (κ2) is 23.1. The van der Waals surface area contributed by atoms with Gasteiger partial charge >= 0.3 is 0 Å². The maximum atomic E-state index is 13.9. The summed E-state index contributed by atoms with van der Waals surface area (Å²) in [5.74, 6) is 3.72. The van der Waals surface area contributed by atoms with Crippen LogP contribution in [0.4, 0.5) is 0 Å². The number of hydrogen-bond donors (Lipinski definition) is 4. The molecule has 3 amide bonds. The average molecular weight is 665 g/mol. The van der Waals surface area contributed by atoms with E-state index in [0.29, 0.717) is 44.6 Å². The van der Waals surface area contributed by atoms with Crippen LogP contribution in [-0.4, -0.2) is 95.3 Å². The monoisotopic (exact) mass is 664 g/mol. The molecule has 0 spiro atoms. The minimum Gasteiger partial charge on any atom is -0.390 e. The van der Waals surface area contributed by atoms with Gasteiger partial charge in [0.2, 0.25) is 17.7 Å². The number of amides is 3. The van der Waals surface area contributed by atoms with Crippen LogP contribution in [0.15, 0.2) is 30.3 Å². The van der Waals surface area contributed by atoms with Crippen LogP contribution in [0, 0.1) is 36.5 Å². The van der Waals surface area contributed by atoms with Crippen molar-refractivity contribution in [1.82, 2.24) is 20.4 Å². The quantitative estimate of drug-likeness (QED) is 0.110. The lowest BCUT2D eigenvalue weighted by Gasteiger charge is -2.33. The Morgan fingerprint density at radius 3 is 2.21 bits per heavy atom. The highest BCUT2D eigenvalue weighted by Crippen LogP contribution is 2.29. The molecular weight excluding hydrogens is 604 g/mol. The molecule has 9 nitrogen and oxygen atoms in total. The number of aliphatic hydroxyl groups is 2. The van der Waals surface area contributed by atoms with Gasteiger partial charge in [0.15, 0.2) is 0 Å². The molecule has 4 N–H and O–H groups in total. The number of nitrogens with one attached hydrogen (secondary N) is 2. The van der Waals surface area contributed by atoms with Gasteiger partial charge in [-0.2, -0.15) is 0 Å². The van der Waals surface area contributed by atoms with Gasteiger partial charge in [-0.05, 0) is 56.7 Å². The summed E-state index contributed by atoms with van der Waals surface area (Å²) in [5.41, 5.74) is 0.912. The summed E-state index contributed by atoms with van der Waals surface area (Å²) in [6, 6.07) is 7.85. The van der Waals surface area contributed by atoms with Crippen molar-refractivity contribution in [2.75, 3.05) is 33.2 Å². The molecule has 0 saturated heterocycles. The Morgan fingerprint density at radius 2 is 1.58 bits per heavy atom. The number of benzene rings is 1. The summed E-state index contributed by atoms with van der Waals surface area (Å²) in [6.45, 7) is 7.24. The minimum atomic E-state index is -1.19. The number of hydrogen-bond acceptors (Lipinski definition) is 6. The van der Waals surface area contributed by atoms with Crippen molar-refractivity contribution in [3.63, 3.8) is 0 Å². The molecular formula is C39H60N4O5. The van der Waals surface area contributed by atoms with Crippen molar-refractivity contribution in [3.05, 3.63) is 35.9 Å². The zero-order valence-corrected chi connectivity index (χ0v) is 29.5. The molecule has 0 radical (unpaired) electrons. The standard InChI is InChI=1S/C39H60N4O5/c1-6-10-14-24-35(44)37(46)34(28-31-21-17-13-18-22-31)41-39(48)33(23-11-7-2)40-38(47)32(27-30-19-15-12-16-20-30)29-36(45)42(5)25-26-43(8-3)9-4/h1-2,12,15-16,19-20,31-35,37,44,46H,8-11,13-14,17-18,21-29H2,3-5H3,(H,40,47)(H,41,48). The van der Waals surface area contributed by atoms with Gasteiger partial charge < -0.3 is 30.6 Å². The van der Waals surface area contributed by atoms with E-state index >= 15 is 0 Å². The van der Waals surface area contributed by atoms with E-state index in [0.717, 1.165) is 50.9 Å². The fourth-order valence-electron chi connectivity index (χ4n) is 6.47. The summed E-state index contributed by atoms with van der Waals surface area (Å²) in [7, 11) is 1.76. The van der Waals surface area contributed by atoms with E-state index < -0.39 is 42.0 Å². The van der Waals surface area contributed by atoms with E-state index in [1.54, 1.807) is 11.9 Å². The van der Waals surface area contributed by atoms with Crippen molar-refractivity contribution < 1.29 is 24.6 Å². The zero-order valence-electron chi connectivity index (χ0n) is 29.5. The van der Waals surface area contributed by atoms with E-state index in [9.17, 15) is 24.6 Å². The number of likely N-dealkylation sites (N-methyl/N-ethyl adjacent to an activating group) is 2. The maximum Gasteiger partial charge on any atom is 0.242 e. The second-order valence-electron chi connectivity index (χ2n) is 13.2. The normalized spacial score (nSPS) is 16.5. The number of unbranched alkanes of at least 4 members (excludes halogenated alkanes) is 1. The predicted octanol–water partition coefficient (Wildman–Crippen LogP) is 3.91. The predicted molar refractivity (Wildman–Crippen MR) is 191 cm³/mol. The summed E-state index contributed by atoms with van der Waals surface area (Å²) < 4.78 is 0. The molecule has 1 aliphatic carbocycles. The fourth-order valence-corrected chi connectivity index (χ4v) is 6.47. The molecule has 266 valence electrons. The lowest BCUT2D eigenvalue weighted by molar-refractivity contribution is -0.137. The number of aliphatic hydroxyl groups excluding tert-OH is 2. The Morgan fingerprint density at radius 1 is 0.917 bits per heavy atom.